The lowest BCUT2D eigenvalue weighted by Gasteiger charge is -2.28. The lowest BCUT2D eigenvalue weighted by Crippen LogP contribution is -2.34. The zero-order valence-electron chi connectivity index (χ0n) is 37.5. The summed E-state index contributed by atoms with van der Waals surface area (Å²) in [4.78, 5) is 40.1. The average molecular weight is 906 g/mol. The second kappa shape index (κ2) is 20.6. The Kier molecular flexibility index (Phi) is 15.6. The van der Waals surface area contributed by atoms with Crippen molar-refractivity contribution in [1.82, 2.24) is 24.6 Å². The Balaban J connectivity index is 1.10. The Morgan fingerprint density at radius 1 is 1.02 bits per heavy atom. The first kappa shape index (κ1) is 46.8. The summed E-state index contributed by atoms with van der Waals surface area (Å²) in [5, 5.41) is 10.0. The SMILES string of the molecule is COC(=O)c1nc(N2CCCc3c2nnc(N=c2sc4ccccc4n2COCC[Si](C)(C)C)c3C)sc1CCCOc1ccc(CCCCN(C)C(=O)OC(C)(C)C)cc1F. The highest BCUT2D eigenvalue weighted by Gasteiger charge is 2.29. The highest BCUT2D eigenvalue weighted by atomic mass is 32.1. The normalized spacial score (nSPS) is 13.4. The van der Waals surface area contributed by atoms with Gasteiger partial charge in [0.1, 0.15) is 12.3 Å². The fourth-order valence-electron chi connectivity index (χ4n) is 6.94. The largest absolute Gasteiger partial charge is 0.491 e. The van der Waals surface area contributed by atoms with Crippen molar-refractivity contribution in [2.24, 2.45) is 4.99 Å². The molecule has 62 heavy (non-hydrogen) atoms. The number of carbonyl (C=O) groups excluding carboxylic acids is 2. The number of anilines is 2. The third-order valence-electron chi connectivity index (χ3n) is 10.4. The van der Waals surface area contributed by atoms with Gasteiger partial charge in [-0.1, -0.05) is 49.2 Å². The molecule has 2 aromatic carbocycles. The van der Waals surface area contributed by atoms with Crippen LogP contribution in [0.4, 0.5) is 26.0 Å². The van der Waals surface area contributed by atoms with Crippen LogP contribution >= 0.6 is 22.7 Å². The van der Waals surface area contributed by atoms with Crippen molar-refractivity contribution < 1.29 is 32.9 Å². The van der Waals surface area contributed by atoms with Crippen molar-refractivity contribution in [2.75, 3.05) is 45.4 Å². The first-order valence-electron chi connectivity index (χ1n) is 21.3. The van der Waals surface area contributed by atoms with Crippen molar-refractivity contribution in [3.63, 3.8) is 0 Å². The number of benzene rings is 2. The fraction of sp³-hybridized carbons (Fsp3) is 0.511. The molecule has 6 rings (SSSR count). The van der Waals surface area contributed by atoms with E-state index in [1.807, 2.05) is 50.8 Å². The molecule has 0 saturated heterocycles. The number of hydrogen-bond acceptors (Lipinski definition) is 13. The van der Waals surface area contributed by atoms with E-state index >= 15 is 4.39 Å². The Labute approximate surface area is 372 Å². The maximum atomic E-state index is 15.1. The molecule has 0 N–H and O–H groups in total. The predicted octanol–water partition coefficient (Wildman–Crippen LogP) is 10.0. The van der Waals surface area contributed by atoms with E-state index in [1.165, 1.54) is 24.5 Å². The number of aromatic nitrogens is 4. The van der Waals surface area contributed by atoms with E-state index in [0.29, 0.717) is 62.5 Å². The molecule has 334 valence electrons. The minimum absolute atomic E-state index is 0.175. The van der Waals surface area contributed by atoms with Crippen molar-refractivity contribution in [1.29, 1.82) is 0 Å². The molecule has 3 aromatic heterocycles. The van der Waals surface area contributed by atoms with Gasteiger partial charge in [0.2, 0.25) is 0 Å². The van der Waals surface area contributed by atoms with Crippen molar-refractivity contribution in [3.8, 4) is 5.75 Å². The van der Waals surface area contributed by atoms with Crippen LogP contribution in [-0.2, 0) is 40.2 Å². The van der Waals surface area contributed by atoms with Crippen LogP contribution in [0.3, 0.4) is 0 Å². The van der Waals surface area contributed by atoms with Crippen molar-refractivity contribution in [2.45, 2.75) is 111 Å². The molecule has 5 aromatic rings. The van der Waals surface area contributed by atoms with Gasteiger partial charge in [-0.15, -0.1) is 21.5 Å². The van der Waals surface area contributed by atoms with E-state index < -0.39 is 25.5 Å². The highest BCUT2D eigenvalue weighted by Crippen LogP contribution is 2.39. The van der Waals surface area contributed by atoms with Gasteiger partial charge in [-0.05, 0) is 109 Å². The molecule has 4 heterocycles. The number of carbonyl (C=O) groups is 2. The van der Waals surface area contributed by atoms with Crippen molar-refractivity contribution in [3.05, 3.63) is 80.3 Å². The summed E-state index contributed by atoms with van der Waals surface area (Å²) >= 11 is 3.02. The first-order chi connectivity index (χ1) is 29.5. The fourth-order valence-corrected chi connectivity index (χ4v) is 9.83. The lowest BCUT2D eigenvalue weighted by molar-refractivity contribution is 0.0296. The Hall–Kier alpha value is -4.71. The van der Waals surface area contributed by atoms with E-state index in [9.17, 15) is 9.59 Å². The van der Waals surface area contributed by atoms with Gasteiger partial charge < -0.3 is 28.7 Å². The topological polar surface area (TPSA) is 134 Å². The monoisotopic (exact) mass is 905 g/mol. The zero-order chi connectivity index (χ0) is 44.6. The van der Waals surface area contributed by atoms with Crippen molar-refractivity contribution >= 4 is 69.8 Å². The molecule has 1 aliphatic heterocycles. The molecule has 0 radical (unpaired) electrons. The summed E-state index contributed by atoms with van der Waals surface area (Å²) in [6.07, 6.45) is 4.56. The maximum absolute atomic E-state index is 15.1. The molecule has 0 unspecified atom stereocenters. The van der Waals surface area contributed by atoms with E-state index in [0.717, 1.165) is 68.3 Å². The molecular formula is C45H60FN7O6S2Si. The number of para-hydroxylation sites is 1. The number of thiazole rings is 2. The second-order valence-electron chi connectivity index (χ2n) is 17.8. The summed E-state index contributed by atoms with van der Waals surface area (Å²) in [7, 11) is 1.83. The van der Waals surface area contributed by atoms with Crippen LogP contribution in [0.15, 0.2) is 47.5 Å². The van der Waals surface area contributed by atoms with Gasteiger partial charge in [0.25, 0.3) is 0 Å². The van der Waals surface area contributed by atoms with Crippen LogP contribution in [0.5, 0.6) is 5.75 Å². The van der Waals surface area contributed by atoms with Crippen LogP contribution in [0, 0.1) is 12.7 Å². The molecule has 0 saturated carbocycles. The zero-order valence-corrected chi connectivity index (χ0v) is 40.1. The number of halogens is 1. The van der Waals surface area contributed by atoms with Gasteiger partial charge in [0, 0.05) is 50.8 Å². The predicted molar refractivity (Wildman–Crippen MR) is 247 cm³/mol. The molecule has 13 nitrogen and oxygen atoms in total. The van der Waals surface area contributed by atoms with Gasteiger partial charge in [0.15, 0.2) is 38.8 Å². The lowest BCUT2D eigenvalue weighted by atomic mass is 10.0. The second-order valence-corrected chi connectivity index (χ2v) is 25.5. The molecule has 17 heteroatoms. The summed E-state index contributed by atoms with van der Waals surface area (Å²) in [6.45, 7) is 17.2. The number of esters is 1. The van der Waals surface area contributed by atoms with Crippen LogP contribution in [0.1, 0.15) is 78.5 Å². The number of nitrogens with zero attached hydrogens (tertiary/aromatic N) is 7. The summed E-state index contributed by atoms with van der Waals surface area (Å²) in [5.41, 5.74) is 3.64. The maximum Gasteiger partial charge on any atom is 0.410 e. The minimum atomic E-state index is -1.23. The number of amides is 1. The summed E-state index contributed by atoms with van der Waals surface area (Å²) in [6, 6.07) is 14.4. The van der Waals surface area contributed by atoms with E-state index in [4.69, 9.17) is 34.0 Å². The average Bonchev–Trinajstić information content (AvgIpc) is 3.81. The number of ether oxygens (including phenoxy) is 4. The van der Waals surface area contributed by atoms with Crippen LogP contribution in [0.25, 0.3) is 10.2 Å². The van der Waals surface area contributed by atoms with Gasteiger partial charge in [-0.3, -0.25) is 4.57 Å². The number of aryl methyl sites for hydroxylation is 2. The molecule has 0 bridgehead atoms. The number of hydrogen-bond donors (Lipinski definition) is 0. The summed E-state index contributed by atoms with van der Waals surface area (Å²) in [5.74, 6) is 0.503. The highest BCUT2D eigenvalue weighted by molar-refractivity contribution is 7.16. The van der Waals surface area contributed by atoms with Gasteiger partial charge in [0.05, 0.1) is 23.9 Å². The first-order valence-corrected chi connectivity index (χ1v) is 26.6. The van der Waals surface area contributed by atoms with E-state index in [-0.39, 0.29) is 24.1 Å². The third kappa shape index (κ3) is 12.3. The molecule has 0 aliphatic carbocycles. The van der Waals surface area contributed by atoms with Gasteiger partial charge >= 0.3 is 12.1 Å². The molecule has 1 aliphatic rings. The smallest absolute Gasteiger partial charge is 0.410 e. The quantitative estimate of drug-likeness (QED) is 0.0475. The third-order valence-corrected chi connectivity index (χ3v) is 14.3. The number of methoxy groups -OCH3 is 1. The van der Waals surface area contributed by atoms with Crippen LogP contribution in [0.2, 0.25) is 25.7 Å². The number of fused-ring (bicyclic) bond motifs is 2. The van der Waals surface area contributed by atoms with E-state index in [1.54, 1.807) is 29.4 Å². The molecule has 0 atom stereocenters. The van der Waals surface area contributed by atoms with Crippen LogP contribution in [-0.4, -0.2) is 90.8 Å². The Bertz CT molecular complexity index is 2420. The van der Waals surface area contributed by atoms with E-state index in [2.05, 4.69) is 41.4 Å². The number of rotatable bonds is 18. The molecule has 1 amide bonds. The Morgan fingerprint density at radius 2 is 1.81 bits per heavy atom. The summed E-state index contributed by atoms with van der Waals surface area (Å²) < 4.78 is 40.9. The minimum Gasteiger partial charge on any atom is -0.491 e. The molecular weight excluding hydrogens is 846 g/mol. The van der Waals surface area contributed by atoms with Gasteiger partial charge in [-0.2, -0.15) is 4.99 Å². The molecule has 0 spiro atoms. The standard InChI is InChI=1S/C45H60FN7O6S2Si/c1-30-32-17-14-24-52(40(32)50-49-39(30)48-43-53(29-57-26-27-62(7,8)9)34-18-10-11-19-36(34)60-43)42-47-38(41(54)56-6)37(61-42)20-15-25-58-35-22-21-31(28-33(35)46)16-12-13-23-51(5)44(55)59-45(2,3)4/h10-11,18-19,21-22,28H,12-17,20,23-27,29H2,1-9H3. The number of unbranched alkanes of at least 4 members (excludes halogenated alkanes) is 1. The Morgan fingerprint density at radius 3 is 2.55 bits per heavy atom. The molecule has 0 fully saturated rings. The van der Waals surface area contributed by atoms with Gasteiger partial charge in [-0.25, -0.2) is 19.0 Å². The van der Waals surface area contributed by atoms with Crippen LogP contribution < -0.4 is 14.4 Å².